The highest BCUT2D eigenvalue weighted by Gasteiger charge is 2.42. The average Bonchev–Trinajstić information content (AvgIpc) is 3.30. The molecule has 1 fully saturated rings. The number of unbranched alkanes of at least 4 members (excludes halogenated alkanes) is 2. The van der Waals surface area contributed by atoms with Gasteiger partial charge >= 0.3 is 0 Å². The summed E-state index contributed by atoms with van der Waals surface area (Å²) < 4.78 is 28.5. The van der Waals surface area contributed by atoms with Gasteiger partial charge < -0.3 is 5.32 Å². The quantitative estimate of drug-likeness (QED) is 0.288. The van der Waals surface area contributed by atoms with Gasteiger partial charge in [-0.25, -0.2) is 10.5 Å². The zero-order valence-corrected chi connectivity index (χ0v) is 17.7. The third-order valence-electron chi connectivity index (χ3n) is 4.43. The lowest BCUT2D eigenvalue weighted by molar-refractivity contribution is -0.129. The number of thiazole rings is 1. The van der Waals surface area contributed by atoms with Gasteiger partial charge in [0, 0.05) is 18.5 Å². The van der Waals surface area contributed by atoms with Crippen LogP contribution in [0.3, 0.4) is 0 Å². The Morgan fingerprint density at radius 2 is 2.18 bits per heavy atom. The minimum absolute atomic E-state index is 0.139. The van der Waals surface area contributed by atoms with Crippen molar-refractivity contribution in [1.29, 1.82) is 0 Å². The lowest BCUT2D eigenvalue weighted by Gasteiger charge is -2.29. The number of aromatic nitrogens is 1. The minimum atomic E-state index is -4.05. The van der Waals surface area contributed by atoms with Crippen LogP contribution in [-0.4, -0.2) is 64.7 Å². The van der Waals surface area contributed by atoms with Crippen LogP contribution in [0, 0.1) is 6.92 Å². The summed E-state index contributed by atoms with van der Waals surface area (Å²) in [4.78, 5) is 28.4. The average molecular weight is 434 g/mol. The van der Waals surface area contributed by atoms with E-state index >= 15 is 0 Å². The number of hydroxylamine groups is 1. The first kappa shape index (κ1) is 22.7. The van der Waals surface area contributed by atoms with Crippen molar-refractivity contribution in [3.8, 4) is 0 Å². The van der Waals surface area contributed by atoms with Gasteiger partial charge in [-0.05, 0) is 26.2 Å². The van der Waals surface area contributed by atoms with E-state index in [1.54, 1.807) is 12.3 Å². The molecule has 1 aromatic rings. The highest BCUT2D eigenvalue weighted by molar-refractivity contribution is 7.86. The molecule has 1 saturated heterocycles. The molecule has 1 unspecified atom stereocenters. The fourth-order valence-corrected chi connectivity index (χ4v) is 5.55. The van der Waals surface area contributed by atoms with Crippen molar-refractivity contribution < 1.29 is 23.2 Å². The molecule has 10 nitrogen and oxygen atoms in total. The molecule has 0 spiro atoms. The van der Waals surface area contributed by atoms with E-state index in [-0.39, 0.29) is 13.1 Å². The first-order chi connectivity index (χ1) is 13.3. The van der Waals surface area contributed by atoms with E-state index in [4.69, 9.17) is 5.21 Å². The molecule has 1 aliphatic heterocycles. The fourth-order valence-electron chi connectivity index (χ4n) is 3.04. The van der Waals surface area contributed by atoms with Gasteiger partial charge in [0.25, 0.3) is 16.1 Å². The van der Waals surface area contributed by atoms with Crippen LogP contribution < -0.4 is 10.8 Å². The van der Waals surface area contributed by atoms with Crippen molar-refractivity contribution in [1.82, 2.24) is 19.1 Å². The molecule has 1 aromatic heterocycles. The third kappa shape index (κ3) is 5.70. The molecule has 1 atom stereocenters. The molecule has 2 rings (SSSR count). The van der Waals surface area contributed by atoms with E-state index in [1.165, 1.54) is 16.8 Å². The first-order valence-electron chi connectivity index (χ1n) is 9.22. The number of carbonyl (C=O) groups is 2. The van der Waals surface area contributed by atoms with Crippen LogP contribution in [0.1, 0.15) is 44.7 Å². The molecule has 0 radical (unpaired) electrons. The Labute approximate surface area is 169 Å². The number of amides is 2. The standard InChI is InChI=1S/C16H27N5O5S2/c1-3-4-5-8-20(10-14(22)19-24)28(25,26)21-9-6-7-13(21)15(23)18-16-17-12(2)11-27-16/h11,13,24H,3-10H2,1-2H3,(H,19,22)(H,17,18,23). The van der Waals surface area contributed by atoms with Crippen LogP contribution in [0.4, 0.5) is 5.13 Å². The Balaban J connectivity index is 2.16. The Morgan fingerprint density at radius 3 is 2.79 bits per heavy atom. The Bertz CT molecular complexity index is 782. The summed E-state index contributed by atoms with van der Waals surface area (Å²) in [7, 11) is -4.05. The smallest absolute Gasteiger partial charge is 0.283 e. The van der Waals surface area contributed by atoms with Crippen LogP contribution in [-0.2, 0) is 19.8 Å². The van der Waals surface area contributed by atoms with E-state index in [0.717, 1.165) is 27.1 Å². The number of aryl methyl sites for hydroxylation is 1. The van der Waals surface area contributed by atoms with Gasteiger partial charge in [0.05, 0.1) is 12.2 Å². The summed E-state index contributed by atoms with van der Waals surface area (Å²) >= 11 is 1.27. The second kappa shape index (κ2) is 10.3. The summed E-state index contributed by atoms with van der Waals surface area (Å²) in [6.45, 7) is 3.63. The highest BCUT2D eigenvalue weighted by Crippen LogP contribution is 2.25. The van der Waals surface area contributed by atoms with Gasteiger partial charge in [0.15, 0.2) is 5.13 Å². The Hall–Kier alpha value is -1.60. The number of carbonyl (C=O) groups excluding carboxylic acids is 2. The van der Waals surface area contributed by atoms with E-state index in [1.807, 2.05) is 6.92 Å². The van der Waals surface area contributed by atoms with Crippen LogP contribution >= 0.6 is 11.3 Å². The zero-order valence-electron chi connectivity index (χ0n) is 16.0. The second-order valence-corrected chi connectivity index (χ2v) is 9.37. The van der Waals surface area contributed by atoms with Crippen LogP contribution in [0.25, 0.3) is 0 Å². The number of rotatable bonds is 10. The number of hydrogen-bond donors (Lipinski definition) is 3. The summed E-state index contributed by atoms with van der Waals surface area (Å²) in [5.41, 5.74) is 2.24. The van der Waals surface area contributed by atoms with E-state index in [0.29, 0.717) is 24.4 Å². The van der Waals surface area contributed by atoms with Crippen LogP contribution in [0.5, 0.6) is 0 Å². The predicted octanol–water partition coefficient (Wildman–Crippen LogP) is 1.10. The summed E-state index contributed by atoms with van der Waals surface area (Å²) in [5.74, 6) is -1.26. The molecule has 0 bridgehead atoms. The predicted molar refractivity (Wildman–Crippen MR) is 105 cm³/mol. The SMILES string of the molecule is CCCCCN(CC(=O)NO)S(=O)(=O)N1CCCC1C(=O)Nc1nc(C)cs1. The molecule has 3 N–H and O–H groups in total. The topological polar surface area (TPSA) is 132 Å². The molecule has 28 heavy (non-hydrogen) atoms. The number of hydrogen-bond acceptors (Lipinski definition) is 7. The maximum atomic E-state index is 13.1. The monoisotopic (exact) mass is 433 g/mol. The minimum Gasteiger partial charge on any atom is -0.301 e. The van der Waals surface area contributed by atoms with E-state index < -0.39 is 34.6 Å². The maximum Gasteiger partial charge on any atom is 0.283 e. The van der Waals surface area contributed by atoms with E-state index in [9.17, 15) is 18.0 Å². The second-order valence-electron chi connectivity index (χ2n) is 6.64. The number of nitrogens with one attached hydrogen (secondary N) is 2. The van der Waals surface area contributed by atoms with Crippen molar-refractivity contribution in [2.24, 2.45) is 0 Å². The van der Waals surface area contributed by atoms with E-state index in [2.05, 4.69) is 10.3 Å². The van der Waals surface area contributed by atoms with Crippen molar-refractivity contribution in [3.63, 3.8) is 0 Å². The summed E-state index contributed by atoms with van der Waals surface area (Å²) in [6.07, 6.45) is 3.22. The van der Waals surface area contributed by atoms with Crippen molar-refractivity contribution >= 4 is 38.5 Å². The normalized spacial score (nSPS) is 17.8. The number of anilines is 1. The summed E-state index contributed by atoms with van der Waals surface area (Å²) in [5, 5.41) is 13.7. The molecule has 0 aliphatic carbocycles. The molecular weight excluding hydrogens is 406 g/mol. The van der Waals surface area contributed by atoms with Gasteiger partial charge in [-0.3, -0.25) is 14.8 Å². The van der Waals surface area contributed by atoms with Crippen molar-refractivity contribution in [2.45, 2.75) is 52.0 Å². The Kier molecular flexibility index (Phi) is 8.31. The van der Waals surface area contributed by atoms with Crippen molar-refractivity contribution in [3.05, 3.63) is 11.1 Å². The van der Waals surface area contributed by atoms with Gasteiger partial charge in [-0.1, -0.05) is 19.8 Å². The Morgan fingerprint density at radius 1 is 1.43 bits per heavy atom. The molecule has 1 aliphatic rings. The maximum absolute atomic E-state index is 13.1. The molecular formula is C16H27N5O5S2. The molecule has 158 valence electrons. The molecule has 2 heterocycles. The first-order valence-corrected chi connectivity index (χ1v) is 11.5. The van der Waals surface area contributed by atoms with Crippen molar-refractivity contribution in [2.75, 3.05) is 25.0 Å². The zero-order chi connectivity index (χ0) is 20.7. The third-order valence-corrected chi connectivity index (χ3v) is 7.30. The lowest BCUT2D eigenvalue weighted by atomic mass is 10.2. The highest BCUT2D eigenvalue weighted by atomic mass is 32.2. The van der Waals surface area contributed by atoms with Gasteiger partial charge in [-0.2, -0.15) is 17.0 Å². The molecule has 2 amide bonds. The summed E-state index contributed by atoms with van der Waals surface area (Å²) in [6, 6.07) is -0.861. The van der Waals surface area contributed by atoms with Gasteiger partial charge in [0.2, 0.25) is 5.91 Å². The van der Waals surface area contributed by atoms with Crippen LogP contribution in [0.15, 0.2) is 5.38 Å². The van der Waals surface area contributed by atoms with Gasteiger partial charge in [0.1, 0.15) is 6.04 Å². The van der Waals surface area contributed by atoms with Crippen LogP contribution in [0.2, 0.25) is 0 Å². The fraction of sp³-hybridized carbons (Fsp3) is 0.688. The molecule has 0 aromatic carbocycles. The number of nitrogens with zero attached hydrogens (tertiary/aromatic N) is 3. The largest absolute Gasteiger partial charge is 0.301 e. The molecule has 0 saturated carbocycles. The molecule has 12 heteroatoms. The lowest BCUT2D eigenvalue weighted by Crippen LogP contribution is -2.52. The van der Waals surface area contributed by atoms with Gasteiger partial charge in [-0.15, -0.1) is 11.3 Å².